The molecule has 0 saturated carbocycles. The van der Waals surface area contributed by atoms with Gasteiger partial charge in [-0.05, 0) is 31.4 Å². The molecule has 0 fully saturated rings. The molecule has 0 amide bonds. The van der Waals surface area contributed by atoms with Crippen LogP contribution in [0.3, 0.4) is 0 Å². The van der Waals surface area contributed by atoms with Crippen LogP contribution in [0.15, 0.2) is 23.1 Å². The number of aliphatic hydroxyl groups excluding tert-OH is 1. The van der Waals surface area contributed by atoms with E-state index in [0.717, 1.165) is 24.1 Å². The van der Waals surface area contributed by atoms with Gasteiger partial charge in [-0.15, -0.1) is 0 Å². The lowest BCUT2D eigenvalue weighted by Gasteiger charge is -2.09. The van der Waals surface area contributed by atoms with E-state index >= 15 is 0 Å². The molecular weight excluding hydrogens is 114 g/mol. The van der Waals surface area contributed by atoms with Gasteiger partial charge in [0.2, 0.25) is 0 Å². The van der Waals surface area contributed by atoms with E-state index in [0.29, 0.717) is 5.76 Å². The summed E-state index contributed by atoms with van der Waals surface area (Å²) in [6.45, 7) is 1.91. The van der Waals surface area contributed by atoms with Crippen molar-refractivity contribution in [2.75, 3.05) is 0 Å². The highest BCUT2D eigenvalue weighted by Gasteiger charge is 2.05. The van der Waals surface area contributed by atoms with Gasteiger partial charge < -0.3 is 10.8 Å². The van der Waals surface area contributed by atoms with Crippen molar-refractivity contribution in [1.82, 2.24) is 0 Å². The van der Waals surface area contributed by atoms with Gasteiger partial charge in [0, 0.05) is 5.70 Å². The van der Waals surface area contributed by atoms with E-state index in [1.54, 1.807) is 6.08 Å². The van der Waals surface area contributed by atoms with Crippen LogP contribution in [0.2, 0.25) is 0 Å². The monoisotopic (exact) mass is 125 g/mol. The summed E-state index contributed by atoms with van der Waals surface area (Å²) in [6.07, 6.45) is 3.41. The molecule has 50 valence electrons. The predicted octanol–water partition coefficient (Wildman–Crippen LogP) is 1.45. The van der Waals surface area contributed by atoms with E-state index in [9.17, 15) is 0 Å². The second-order valence-corrected chi connectivity index (χ2v) is 2.38. The molecule has 0 saturated heterocycles. The zero-order valence-electron chi connectivity index (χ0n) is 5.52. The number of rotatable bonds is 0. The Labute approximate surface area is 54.7 Å². The topological polar surface area (TPSA) is 46.2 Å². The average molecular weight is 125 g/mol. The van der Waals surface area contributed by atoms with Gasteiger partial charge in [-0.3, -0.25) is 0 Å². The summed E-state index contributed by atoms with van der Waals surface area (Å²) in [5.74, 6) is 0.346. The standard InChI is InChI=1S/C7H11NO/c1-5-2-3-6(8)4-7(5)9/h4,9H,2-3,8H2,1H3. The minimum atomic E-state index is 0.346. The van der Waals surface area contributed by atoms with E-state index in [-0.39, 0.29) is 0 Å². The molecule has 0 unspecified atom stereocenters. The highest BCUT2D eigenvalue weighted by atomic mass is 16.3. The summed E-state index contributed by atoms with van der Waals surface area (Å²) in [6, 6.07) is 0. The molecule has 0 bridgehead atoms. The van der Waals surface area contributed by atoms with Crippen LogP contribution in [-0.2, 0) is 0 Å². The maximum Gasteiger partial charge on any atom is 0.116 e. The fourth-order valence-corrected chi connectivity index (χ4v) is 0.831. The van der Waals surface area contributed by atoms with E-state index in [1.165, 1.54) is 0 Å². The van der Waals surface area contributed by atoms with Crippen LogP contribution >= 0.6 is 0 Å². The Kier molecular flexibility index (Phi) is 1.47. The molecule has 1 aliphatic carbocycles. The Morgan fingerprint density at radius 2 is 2.22 bits per heavy atom. The number of aliphatic hydroxyl groups is 1. The third-order valence-electron chi connectivity index (χ3n) is 1.55. The first-order valence-corrected chi connectivity index (χ1v) is 3.05. The zero-order valence-corrected chi connectivity index (χ0v) is 5.52. The van der Waals surface area contributed by atoms with Crippen molar-refractivity contribution < 1.29 is 5.11 Å². The normalized spacial score (nSPS) is 19.9. The second-order valence-electron chi connectivity index (χ2n) is 2.38. The molecule has 2 heteroatoms. The van der Waals surface area contributed by atoms with Crippen molar-refractivity contribution in [2.24, 2.45) is 5.73 Å². The van der Waals surface area contributed by atoms with Crippen LogP contribution in [0.5, 0.6) is 0 Å². The molecule has 1 rings (SSSR count). The molecular formula is C7H11NO. The molecule has 0 atom stereocenters. The Bertz CT molecular complexity index is 179. The van der Waals surface area contributed by atoms with E-state index in [2.05, 4.69) is 0 Å². The smallest absolute Gasteiger partial charge is 0.116 e. The van der Waals surface area contributed by atoms with Gasteiger partial charge in [-0.2, -0.15) is 0 Å². The molecule has 2 nitrogen and oxygen atoms in total. The van der Waals surface area contributed by atoms with Gasteiger partial charge in [0.05, 0.1) is 0 Å². The highest BCUT2D eigenvalue weighted by molar-refractivity contribution is 5.25. The quantitative estimate of drug-likeness (QED) is 0.514. The lowest BCUT2D eigenvalue weighted by molar-refractivity contribution is 0.417. The fourth-order valence-electron chi connectivity index (χ4n) is 0.831. The summed E-state index contributed by atoms with van der Waals surface area (Å²) in [4.78, 5) is 0. The first-order valence-electron chi connectivity index (χ1n) is 3.05. The molecule has 0 spiro atoms. The van der Waals surface area contributed by atoms with Gasteiger partial charge in [-0.25, -0.2) is 0 Å². The molecule has 0 heterocycles. The summed E-state index contributed by atoms with van der Waals surface area (Å²) >= 11 is 0. The van der Waals surface area contributed by atoms with Crippen LogP contribution in [-0.4, -0.2) is 5.11 Å². The largest absolute Gasteiger partial charge is 0.508 e. The summed E-state index contributed by atoms with van der Waals surface area (Å²) in [5.41, 5.74) is 7.26. The Morgan fingerprint density at radius 3 is 2.67 bits per heavy atom. The van der Waals surface area contributed by atoms with Crippen LogP contribution in [0.25, 0.3) is 0 Å². The Hall–Kier alpha value is -0.920. The summed E-state index contributed by atoms with van der Waals surface area (Å²) in [7, 11) is 0. The minimum absolute atomic E-state index is 0.346. The Balaban J connectivity index is 2.83. The Morgan fingerprint density at radius 1 is 1.56 bits per heavy atom. The first kappa shape index (κ1) is 6.20. The molecule has 3 N–H and O–H groups in total. The third-order valence-corrected chi connectivity index (χ3v) is 1.55. The first-order chi connectivity index (χ1) is 4.20. The van der Waals surface area contributed by atoms with Gasteiger partial charge in [0.25, 0.3) is 0 Å². The SMILES string of the molecule is CC1=C(O)C=C(N)CC1. The van der Waals surface area contributed by atoms with Crippen molar-refractivity contribution in [2.45, 2.75) is 19.8 Å². The second kappa shape index (κ2) is 2.13. The van der Waals surface area contributed by atoms with Crippen molar-refractivity contribution >= 4 is 0 Å². The molecule has 0 aromatic carbocycles. The van der Waals surface area contributed by atoms with Crippen LogP contribution in [0.4, 0.5) is 0 Å². The number of hydrogen-bond acceptors (Lipinski definition) is 2. The van der Waals surface area contributed by atoms with Gasteiger partial charge in [0.15, 0.2) is 0 Å². The molecule has 1 aliphatic rings. The van der Waals surface area contributed by atoms with Crippen molar-refractivity contribution in [3.05, 3.63) is 23.1 Å². The highest BCUT2D eigenvalue weighted by Crippen LogP contribution is 2.18. The van der Waals surface area contributed by atoms with Gasteiger partial charge in [-0.1, -0.05) is 0 Å². The minimum Gasteiger partial charge on any atom is -0.508 e. The molecule has 9 heavy (non-hydrogen) atoms. The molecule has 0 aromatic heterocycles. The lowest BCUT2D eigenvalue weighted by Crippen LogP contribution is -2.03. The van der Waals surface area contributed by atoms with Crippen LogP contribution in [0, 0.1) is 0 Å². The predicted molar refractivity (Wildman–Crippen MR) is 36.8 cm³/mol. The molecule has 0 radical (unpaired) electrons. The number of allylic oxidation sites excluding steroid dienone is 3. The number of hydrogen-bond donors (Lipinski definition) is 2. The van der Waals surface area contributed by atoms with Crippen molar-refractivity contribution in [3.63, 3.8) is 0 Å². The zero-order chi connectivity index (χ0) is 6.85. The van der Waals surface area contributed by atoms with Gasteiger partial charge >= 0.3 is 0 Å². The molecule has 0 aromatic rings. The van der Waals surface area contributed by atoms with E-state index in [4.69, 9.17) is 10.8 Å². The van der Waals surface area contributed by atoms with Crippen molar-refractivity contribution in [1.29, 1.82) is 0 Å². The maximum absolute atomic E-state index is 9.07. The van der Waals surface area contributed by atoms with E-state index in [1.807, 2.05) is 6.92 Å². The van der Waals surface area contributed by atoms with Crippen LogP contribution < -0.4 is 5.73 Å². The van der Waals surface area contributed by atoms with Gasteiger partial charge in [0.1, 0.15) is 5.76 Å². The summed E-state index contributed by atoms with van der Waals surface area (Å²) < 4.78 is 0. The number of nitrogens with two attached hydrogens (primary N) is 1. The lowest BCUT2D eigenvalue weighted by atomic mass is 10.0. The van der Waals surface area contributed by atoms with Crippen LogP contribution in [0.1, 0.15) is 19.8 Å². The molecule has 0 aliphatic heterocycles. The fraction of sp³-hybridized carbons (Fsp3) is 0.429. The third kappa shape index (κ3) is 1.25. The van der Waals surface area contributed by atoms with E-state index < -0.39 is 0 Å². The van der Waals surface area contributed by atoms with Crippen molar-refractivity contribution in [3.8, 4) is 0 Å². The summed E-state index contributed by atoms with van der Waals surface area (Å²) in [5, 5.41) is 9.07. The average Bonchev–Trinajstić information content (AvgIpc) is 1.80. The maximum atomic E-state index is 9.07.